The molecule has 2 rings (SSSR count). The monoisotopic (exact) mass is 177 g/mol. The Hall–Kier alpha value is -1.62. The van der Waals surface area contributed by atoms with E-state index in [1.807, 2.05) is 6.07 Å². The number of fused-ring (bicyclic) bond motifs is 1. The molecule has 0 atom stereocenters. The summed E-state index contributed by atoms with van der Waals surface area (Å²) < 4.78 is 1.72. The van der Waals surface area contributed by atoms with Crippen LogP contribution in [0.3, 0.4) is 0 Å². The zero-order valence-electron chi connectivity index (χ0n) is 7.14. The molecule has 68 valence electrons. The van der Waals surface area contributed by atoms with Crippen LogP contribution in [-0.2, 0) is 6.42 Å². The maximum Gasteiger partial charge on any atom is 0.153 e. The first-order chi connectivity index (χ1) is 6.31. The van der Waals surface area contributed by atoms with Gasteiger partial charge in [-0.1, -0.05) is 0 Å². The summed E-state index contributed by atoms with van der Waals surface area (Å²) in [6.45, 7) is 0.588. The first-order valence-corrected chi connectivity index (χ1v) is 4.10. The molecule has 2 heterocycles. The van der Waals surface area contributed by atoms with Gasteiger partial charge >= 0.3 is 0 Å². The summed E-state index contributed by atoms with van der Waals surface area (Å²) in [4.78, 5) is 4.17. The summed E-state index contributed by atoms with van der Waals surface area (Å²) in [6, 6.07) is 3.57. The van der Waals surface area contributed by atoms with Crippen LogP contribution < -0.4 is 11.5 Å². The lowest BCUT2D eigenvalue weighted by molar-refractivity contribution is 0.831. The van der Waals surface area contributed by atoms with Gasteiger partial charge in [-0.15, -0.1) is 5.10 Å². The fourth-order valence-electron chi connectivity index (χ4n) is 1.25. The summed E-state index contributed by atoms with van der Waals surface area (Å²) in [5, 5.41) is 4.13. The first-order valence-electron chi connectivity index (χ1n) is 4.10. The molecule has 0 radical (unpaired) electrons. The van der Waals surface area contributed by atoms with E-state index in [0.717, 1.165) is 17.8 Å². The van der Waals surface area contributed by atoms with Gasteiger partial charge in [0.25, 0.3) is 0 Å². The third kappa shape index (κ3) is 1.33. The lowest BCUT2D eigenvalue weighted by Crippen LogP contribution is -2.07. The zero-order valence-corrected chi connectivity index (χ0v) is 7.14. The normalized spacial score (nSPS) is 10.8. The van der Waals surface area contributed by atoms with Crippen molar-refractivity contribution in [1.82, 2.24) is 14.6 Å². The van der Waals surface area contributed by atoms with Crippen molar-refractivity contribution < 1.29 is 0 Å². The topological polar surface area (TPSA) is 82.2 Å². The summed E-state index contributed by atoms with van der Waals surface area (Å²) in [5.41, 5.74) is 12.8. The molecule has 13 heavy (non-hydrogen) atoms. The van der Waals surface area contributed by atoms with Crippen LogP contribution >= 0.6 is 0 Å². The van der Waals surface area contributed by atoms with E-state index in [1.165, 1.54) is 0 Å². The molecule has 0 amide bonds. The highest BCUT2D eigenvalue weighted by molar-refractivity contribution is 5.43. The van der Waals surface area contributed by atoms with Crippen molar-refractivity contribution in [2.24, 2.45) is 5.73 Å². The van der Waals surface area contributed by atoms with Crippen molar-refractivity contribution >= 4 is 11.5 Å². The number of nitrogens with zero attached hydrogens (tertiary/aromatic N) is 3. The Bertz CT molecular complexity index is 419. The zero-order chi connectivity index (χ0) is 9.26. The van der Waals surface area contributed by atoms with Crippen LogP contribution in [0, 0.1) is 0 Å². The lowest BCUT2D eigenvalue weighted by Gasteiger charge is -1.98. The van der Waals surface area contributed by atoms with E-state index in [-0.39, 0.29) is 0 Å². The second kappa shape index (κ2) is 3.02. The molecule has 0 aromatic carbocycles. The van der Waals surface area contributed by atoms with Gasteiger partial charge < -0.3 is 11.5 Å². The van der Waals surface area contributed by atoms with Crippen LogP contribution in [0.5, 0.6) is 0 Å². The number of nitrogens with two attached hydrogens (primary N) is 2. The Morgan fingerprint density at radius 1 is 1.38 bits per heavy atom. The molecule has 0 aliphatic heterocycles. The third-order valence-corrected chi connectivity index (χ3v) is 1.85. The van der Waals surface area contributed by atoms with Crippen LogP contribution in [0.4, 0.5) is 5.82 Å². The van der Waals surface area contributed by atoms with Crippen molar-refractivity contribution in [3.8, 4) is 0 Å². The van der Waals surface area contributed by atoms with E-state index in [2.05, 4.69) is 10.1 Å². The van der Waals surface area contributed by atoms with E-state index >= 15 is 0 Å². The van der Waals surface area contributed by atoms with E-state index in [9.17, 15) is 0 Å². The molecule has 0 saturated heterocycles. The smallest absolute Gasteiger partial charge is 0.153 e. The van der Waals surface area contributed by atoms with Gasteiger partial charge in [0.05, 0.1) is 11.9 Å². The minimum absolute atomic E-state index is 0.490. The minimum atomic E-state index is 0.490. The molecular formula is C8H11N5. The SMILES string of the molecule is NCCc1cnc2ccc(N)nn12. The largest absolute Gasteiger partial charge is 0.382 e. The van der Waals surface area contributed by atoms with Crippen LogP contribution in [0.2, 0.25) is 0 Å². The predicted octanol–water partition coefficient (Wildman–Crippen LogP) is -0.187. The molecule has 0 fully saturated rings. The summed E-state index contributed by atoms with van der Waals surface area (Å²) in [6.07, 6.45) is 2.53. The Morgan fingerprint density at radius 3 is 3.00 bits per heavy atom. The molecule has 0 aliphatic rings. The van der Waals surface area contributed by atoms with Crippen molar-refractivity contribution in [3.63, 3.8) is 0 Å². The van der Waals surface area contributed by atoms with Crippen molar-refractivity contribution in [2.45, 2.75) is 6.42 Å². The number of imidazole rings is 1. The number of nitrogen functional groups attached to an aromatic ring is 1. The van der Waals surface area contributed by atoms with Crippen LogP contribution in [0.15, 0.2) is 18.3 Å². The minimum Gasteiger partial charge on any atom is -0.382 e. The highest BCUT2D eigenvalue weighted by Crippen LogP contribution is 2.06. The first kappa shape index (κ1) is 8.00. The Kier molecular flexibility index (Phi) is 1.86. The average Bonchev–Trinajstić information content (AvgIpc) is 2.49. The molecule has 5 heteroatoms. The van der Waals surface area contributed by atoms with Crippen molar-refractivity contribution in [2.75, 3.05) is 12.3 Å². The van der Waals surface area contributed by atoms with Crippen molar-refractivity contribution in [3.05, 3.63) is 24.0 Å². The van der Waals surface area contributed by atoms with Gasteiger partial charge in [-0.25, -0.2) is 9.50 Å². The molecule has 4 N–H and O–H groups in total. The average molecular weight is 177 g/mol. The van der Waals surface area contributed by atoms with Crippen LogP contribution in [0.25, 0.3) is 5.65 Å². The molecule has 0 bridgehead atoms. The molecule has 0 unspecified atom stereocenters. The summed E-state index contributed by atoms with van der Waals surface area (Å²) >= 11 is 0. The highest BCUT2D eigenvalue weighted by Gasteiger charge is 2.02. The Balaban J connectivity index is 2.58. The highest BCUT2D eigenvalue weighted by atomic mass is 15.3. The standard InChI is InChI=1S/C8H11N5/c9-4-3-6-5-11-8-2-1-7(10)12-13(6)8/h1-2,5H,3-4,9H2,(H2,10,12). The summed E-state index contributed by atoms with van der Waals surface area (Å²) in [7, 11) is 0. The molecule has 0 spiro atoms. The Labute approximate surface area is 75.4 Å². The lowest BCUT2D eigenvalue weighted by atomic mass is 10.3. The quantitative estimate of drug-likeness (QED) is 0.666. The van der Waals surface area contributed by atoms with Crippen molar-refractivity contribution in [1.29, 1.82) is 0 Å². The number of hydrogen-bond donors (Lipinski definition) is 2. The Morgan fingerprint density at radius 2 is 2.23 bits per heavy atom. The van der Waals surface area contributed by atoms with Gasteiger partial charge in [0.1, 0.15) is 5.82 Å². The maximum atomic E-state index is 5.56. The van der Waals surface area contributed by atoms with E-state index in [1.54, 1.807) is 16.8 Å². The van der Waals surface area contributed by atoms with Crippen LogP contribution in [0.1, 0.15) is 5.69 Å². The molecule has 2 aromatic rings. The van der Waals surface area contributed by atoms with Gasteiger partial charge in [-0.2, -0.15) is 0 Å². The van der Waals surface area contributed by atoms with E-state index in [0.29, 0.717) is 12.4 Å². The number of hydrogen-bond acceptors (Lipinski definition) is 4. The molecular weight excluding hydrogens is 166 g/mol. The van der Waals surface area contributed by atoms with Gasteiger partial charge in [0.2, 0.25) is 0 Å². The van der Waals surface area contributed by atoms with Gasteiger partial charge in [-0.05, 0) is 18.7 Å². The van der Waals surface area contributed by atoms with E-state index in [4.69, 9.17) is 11.5 Å². The molecule has 0 aliphatic carbocycles. The van der Waals surface area contributed by atoms with Gasteiger partial charge in [0, 0.05) is 6.42 Å². The van der Waals surface area contributed by atoms with E-state index < -0.39 is 0 Å². The molecule has 5 nitrogen and oxygen atoms in total. The van der Waals surface area contributed by atoms with Crippen LogP contribution in [-0.4, -0.2) is 21.1 Å². The number of aromatic nitrogens is 3. The second-order valence-electron chi connectivity index (χ2n) is 2.82. The molecule has 2 aromatic heterocycles. The fourth-order valence-corrected chi connectivity index (χ4v) is 1.25. The number of anilines is 1. The second-order valence-corrected chi connectivity index (χ2v) is 2.82. The number of rotatable bonds is 2. The predicted molar refractivity (Wildman–Crippen MR) is 50.2 cm³/mol. The molecule has 0 saturated carbocycles. The third-order valence-electron chi connectivity index (χ3n) is 1.85. The maximum absolute atomic E-state index is 5.56. The fraction of sp³-hybridized carbons (Fsp3) is 0.250. The van der Waals surface area contributed by atoms with Gasteiger partial charge in [0.15, 0.2) is 5.65 Å². The summed E-state index contributed by atoms with van der Waals surface area (Å²) in [5.74, 6) is 0.490. The van der Waals surface area contributed by atoms with Gasteiger partial charge in [-0.3, -0.25) is 0 Å².